The molecule has 0 radical (unpaired) electrons. The monoisotopic (exact) mass is 578 g/mol. The van der Waals surface area contributed by atoms with Gasteiger partial charge >= 0.3 is 0 Å². The molecule has 0 aliphatic carbocycles. The Labute approximate surface area is 270 Å². The van der Waals surface area contributed by atoms with Crippen molar-refractivity contribution in [3.8, 4) is 44.5 Å². The van der Waals surface area contributed by atoms with Gasteiger partial charge in [-0.1, -0.05) is 158 Å². The van der Waals surface area contributed by atoms with E-state index in [2.05, 4.69) is 36.4 Å². The Morgan fingerprint density at radius 2 is 0.911 bits per heavy atom. The maximum Gasteiger partial charge on any atom is 0.143 e. The lowest BCUT2D eigenvalue weighted by atomic mass is 9.83. The summed E-state index contributed by atoms with van der Waals surface area (Å²) in [6.45, 7) is 0. The Morgan fingerprint density at radius 3 is 1.56 bits per heavy atom. The van der Waals surface area contributed by atoms with Crippen molar-refractivity contribution in [1.82, 2.24) is 0 Å². The zero-order valence-corrected chi connectivity index (χ0v) is 24.1. The molecule has 9 aromatic rings. The van der Waals surface area contributed by atoms with Gasteiger partial charge in [-0.2, -0.15) is 0 Å². The lowest BCUT2D eigenvalue weighted by Gasteiger charge is -2.19. The van der Waals surface area contributed by atoms with E-state index in [1.165, 1.54) is 0 Å². The van der Waals surface area contributed by atoms with E-state index >= 15 is 0 Å². The van der Waals surface area contributed by atoms with E-state index in [1.807, 2.05) is 97.1 Å². The molecule has 0 fully saturated rings. The van der Waals surface area contributed by atoms with Crippen molar-refractivity contribution in [2.45, 2.75) is 0 Å². The minimum atomic E-state index is -0.288. The third-order valence-electron chi connectivity index (χ3n) is 8.59. The highest BCUT2D eigenvalue weighted by Gasteiger charge is 2.20. The van der Waals surface area contributed by atoms with Crippen LogP contribution in [0.4, 0.5) is 0 Å². The summed E-state index contributed by atoms with van der Waals surface area (Å²) in [5.74, 6) is 0. The largest absolute Gasteiger partial charge is 0.455 e. The molecule has 0 spiro atoms. The molecule has 9 rings (SSSR count). The molecule has 210 valence electrons. The highest BCUT2D eigenvalue weighted by Crippen LogP contribution is 2.47. The van der Waals surface area contributed by atoms with Gasteiger partial charge in [0.1, 0.15) is 11.2 Å². The summed E-state index contributed by atoms with van der Waals surface area (Å²) < 4.78 is 61.3. The summed E-state index contributed by atoms with van der Waals surface area (Å²) >= 11 is 0. The summed E-state index contributed by atoms with van der Waals surface area (Å²) in [5.41, 5.74) is 6.30. The third-order valence-corrected chi connectivity index (χ3v) is 8.59. The molecule has 0 saturated heterocycles. The third kappa shape index (κ3) is 4.09. The van der Waals surface area contributed by atoms with Gasteiger partial charge in [0.15, 0.2) is 0 Å². The van der Waals surface area contributed by atoms with Crippen LogP contribution in [0.5, 0.6) is 0 Å². The molecule has 0 amide bonds. The van der Waals surface area contributed by atoms with Crippen molar-refractivity contribution in [2.24, 2.45) is 0 Å². The fraction of sp³-hybridized carbons (Fsp3) is 0. The van der Waals surface area contributed by atoms with Crippen LogP contribution in [0.3, 0.4) is 0 Å². The molecule has 0 aliphatic rings. The number of benzene rings is 8. The number of para-hydroxylation sites is 1. The van der Waals surface area contributed by atoms with Gasteiger partial charge in [0.05, 0.1) is 8.22 Å². The highest BCUT2D eigenvalue weighted by atomic mass is 16.3. The second-order valence-corrected chi connectivity index (χ2v) is 11.1. The van der Waals surface area contributed by atoms with Crippen LogP contribution in [-0.4, -0.2) is 0 Å². The molecule has 0 saturated carbocycles. The number of fused-ring (bicyclic) bond motifs is 5. The zero-order valence-electron chi connectivity index (χ0n) is 30.1. The number of furan rings is 1. The molecule has 1 nitrogen and oxygen atoms in total. The lowest BCUT2D eigenvalue weighted by Crippen LogP contribution is -1.92. The van der Waals surface area contributed by atoms with E-state index in [-0.39, 0.29) is 63.8 Å². The van der Waals surface area contributed by atoms with E-state index in [9.17, 15) is 4.11 Å². The lowest BCUT2D eigenvalue weighted by molar-refractivity contribution is 0.670. The predicted octanol–water partition coefficient (Wildman–Crippen LogP) is 12.6. The van der Waals surface area contributed by atoms with Gasteiger partial charge in [-0.25, -0.2) is 0 Å². The summed E-state index contributed by atoms with van der Waals surface area (Å²) in [6, 6.07) is 42.6. The van der Waals surface area contributed by atoms with Crippen LogP contribution in [0.15, 0.2) is 174 Å². The van der Waals surface area contributed by atoms with Gasteiger partial charge < -0.3 is 4.42 Å². The van der Waals surface area contributed by atoms with E-state index < -0.39 is 0 Å². The number of rotatable bonds is 4. The highest BCUT2D eigenvalue weighted by molar-refractivity contribution is 6.23. The van der Waals surface area contributed by atoms with Crippen molar-refractivity contribution in [2.75, 3.05) is 0 Å². The molecule has 1 heterocycles. The summed E-state index contributed by atoms with van der Waals surface area (Å²) in [7, 11) is 0. The van der Waals surface area contributed by atoms with Gasteiger partial charge in [-0.05, 0) is 72.6 Å². The second-order valence-electron chi connectivity index (χ2n) is 11.1. The van der Waals surface area contributed by atoms with E-state index in [0.29, 0.717) is 16.7 Å². The average Bonchev–Trinajstić information content (AvgIpc) is 3.58. The maximum atomic E-state index is 9.77. The van der Waals surface area contributed by atoms with Crippen molar-refractivity contribution in [3.05, 3.63) is 170 Å². The number of hydrogen-bond donors (Lipinski definition) is 0. The molecular weight excluding hydrogens is 544 g/mol. The van der Waals surface area contributed by atoms with Crippen molar-refractivity contribution in [1.29, 1.82) is 0 Å². The summed E-state index contributed by atoms with van der Waals surface area (Å²) in [5, 5.41) is 3.94. The quantitative estimate of drug-likeness (QED) is 0.189. The standard InChI is InChI=1S/C44H28O/c1-3-14-29(15-4-1)32-18-7-8-19-34(32)43-37-22-11-9-20-35(37)42(36-21-10-12-23-38(36)43)31-26-27-41-40(28-31)39-25-13-24-33(44(39)45-41)30-16-5-2-6-17-30/h1-28H/i13D,24D,25D,26D,27D,28D. The van der Waals surface area contributed by atoms with Crippen LogP contribution >= 0.6 is 0 Å². The molecule has 0 bridgehead atoms. The maximum absolute atomic E-state index is 9.77. The Hall–Kier alpha value is -5.92. The molecule has 0 N–H and O–H groups in total. The SMILES string of the molecule is [2H]c1c(-c2c3ccccc3c(-c3ccccc3-c3ccccc3)c3ccccc23)c([2H])c2c(oc3c(-c4ccccc4)c([2H])c([2H])c([2H])c32)c1[2H]. The Morgan fingerprint density at radius 1 is 0.378 bits per heavy atom. The molecule has 0 atom stereocenters. The van der Waals surface area contributed by atoms with Crippen molar-refractivity contribution >= 4 is 43.5 Å². The zero-order chi connectivity index (χ0) is 35.0. The van der Waals surface area contributed by atoms with Gasteiger partial charge in [0.25, 0.3) is 0 Å². The molecule has 0 aliphatic heterocycles. The topological polar surface area (TPSA) is 13.1 Å². The average molecular weight is 579 g/mol. The van der Waals surface area contributed by atoms with Crippen LogP contribution in [-0.2, 0) is 0 Å². The Balaban J connectivity index is 1.43. The fourth-order valence-corrected chi connectivity index (χ4v) is 6.61. The summed E-state index contributed by atoms with van der Waals surface area (Å²) in [4.78, 5) is 0. The molecule has 1 aromatic heterocycles. The molecule has 8 aromatic carbocycles. The van der Waals surface area contributed by atoms with Crippen molar-refractivity contribution in [3.63, 3.8) is 0 Å². The minimum Gasteiger partial charge on any atom is -0.455 e. The van der Waals surface area contributed by atoms with Crippen molar-refractivity contribution < 1.29 is 12.6 Å². The first-order valence-corrected chi connectivity index (χ1v) is 15.0. The second kappa shape index (κ2) is 10.4. The first kappa shape index (κ1) is 20.1. The van der Waals surface area contributed by atoms with E-state index in [1.54, 1.807) is 0 Å². The molecule has 1 heteroatoms. The molecule has 0 unspecified atom stereocenters. The van der Waals surface area contributed by atoms with E-state index in [0.717, 1.165) is 43.8 Å². The fourth-order valence-electron chi connectivity index (χ4n) is 6.61. The smallest absolute Gasteiger partial charge is 0.143 e. The van der Waals surface area contributed by atoms with Crippen LogP contribution in [0.2, 0.25) is 0 Å². The van der Waals surface area contributed by atoms with Crippen LogP contribution in [0.1, 0.15) is 8.22 Å². The Kier molecular flexibility index (Phi) is 4.63. The predicted molar refractivity (Wildman–Crippen MR) is 190 cm³/mol. The Bertz CT molecular complexity index is 2800. The summed E-state index contributed by atoms with van der Waals surface area (Å²) in [6.07, 6.45) is 0. The normalized spacial score (nSPS) is 13.4. The van der Waals surface area contributed by atoms with Crippen LogP contribution in [0.25, 0.3) is 88.0 Å². The first-order valence-electron chi connectivity index (χ1n) is 18.0. The van der Waals surface area contributed by atoms with Gasteiger partial charge in [-0.3, -0.25) is 0 Å². The molecular formula is C44H28O. The number of hydrogen-bond acceptors (Lipinski definition) is 1. The van der Waals surface area contributed by atoms with E-state index in [4.69, 9.17) is 8.53 Å². The first-order chi connectivity index (χ1) is 24.9. The van der Waals surface area contributed by atoms with Crippen LogP contribution in [0, 0.1) is 0 Å². The van der Waals surface area contributed by atoms with Gasteiger partial charge in [-0.15, -0.1) is 0 Å². The minimum absolute atomic E-state index is 0.00134. The van der Waals surface area contributed by atoms with Gasteiger partial charge in [0, 0.05) is 16.3 Å². The van der Waals surface area contributed by atoms with Crippen LogP contribution < -0.4 is 0 Å². The molecule has 45 heavy (non-hydrogen) atoms. The van der Waals surface area contributed by atoms with Gasteiger partial charge in [0.2, 0.25) is 0 Å².